The maximum absolute atomic E-state index is 12.9. The highest BCUT2D eigenvalue weighted by molar-refractivity contribution is 7.89. The number of nitrogens with zero attached hydrogens (tertiary/aromatic N) is 1. The van der Waals surface area contributed by atoms with Crippen LogP contribution in [0.3, 0.4) is 0 Å². The van der Waals surface area contributed by atoms with E-state index in [2.05, 4.69) is 10.1 Å². The van der Waals surface area contributed by atoms with Gasteiger partial charge in [0, 0.05) is 30.6 Å². The summed E-state index contributed by atoms with van der Waals surface area (Å²) in [6, 6.07) is 6.27. The third-order valence-corrected chi connectivity index (χ3v) is 8.90. The number of benzene rings is 1. The predicted molar refractivity (Wildman–Crippen MR) is 101 cm³/mol. The van der Waals surface area contributed by atoms with Crippen molar-refractivity contribution in [2.24, 2.45) is 17.3 Å². The van der Waals surface area contributed by atoms with Gasteiger partial charge in [0.15, 0.2) is 0 Å². The number of fused-ring (bicyclic) bond motifs is 1. The SMILES string of the molecule is O=S(=O)(c1ccc(OC(F)F)cc1)N1CC2CC(NC3CC4(COC4)C3)CC2C1. The summed E-state index contributed by atoms with van der Waals surface area (Å²) in [7, 11) is -3.62. The van der Waals surface area contributed by atoms with Crippen molar-refractivity contribution in [3.8, 4) is 5.75 Å². The molecule has 0 radical (unpaired) electrons. The molecule has 6 nitrogen and oxygen atoms in total. The monoisotopic (exact) mass is 428 g/mol. The summed E-state index contributed by atoms with van der Waals surface area (Å²) in [4.78, 5) is 0.122. The van der Waals surface area contributed by atoms with Crippen LogP contribution < -0.4 is 10.1 Å². The standard InChI is InChI=1S/C20H26F2N2O4S/c21-19(22)28-17-1-3-18(4-2-17)29(25,26)24-9-13-5-15(6-14(13)10-24)23-16-7-20(8-16)11-27-12-20/h1-4,13-16,19,23H,5-12H2. The van der Waals surface area contributed by atoms with Gasteiger partial charge in [-0.25, -0.2) is 8.42 Å². The van der Waals surface area contributed by atoms with Gasteiger partial charge >= 0.3 is 6.61 Å². The van der Waals surface area contributed by atoms with Crippen LogP contribution in [0.15, 0.2) is 29.2 Å². The van der Waals surface area contributed by atoms with E-state index in [0.29, 0.717) is 42.4 Å². The average Bonchev–Trinajstić information content (AvgIpc) is 3.15. The topological polar surface area (TPSA) is 67.9 Å². The molecule has 0 aromatic heterocycles. The normalized spacial score (nSPS) is 31.6. The Morgan fingerprint density at radius 2 is 1.69 bits per heavy atom. The first-order chi connectivity index (χ1) is 13.8. The van der Waals surface area contributed by atoms with Gasteiger partial charge in [-0.1, -0.05) is 0 Å². The lowest BCUT2D eigenvalue weighted by Crippen LogP contribution is -2.60. The molecule has 2 saturated heterocycles. The van der Waals surface area contributed by atoms with Crippen molar-refractivity contribution in [3.63, 3.8) is 0 Å². The van der Waals surface area contributed by atoms with Crippen LogP contribution in [0.2, 0.25) is 0 Å². The molecule has 2 aliphatic heterocycles. The molecule has 2 heterocycles. The number of hydrogen-bond acceptors (Lipinski definition) is 5. The zero-order valence-electron chi connectivity index (χ0n) is 16.1. The molecule has 29 heavy (non-hydrogen) atoms. The Hall–Kier alpha value is -1.29. The summed E-state index contributed by atoms with van der Waals surface area (Å²) in [6.07, 6.45) is 4.42. The minimum absolute atomic E-state index is 0.0441. The van der Waals surface area contributed by atoms with Crippen molar-refractivity contribution in [1.82, 2.24) is 9.62 Å². The van der Waals surface area contributed by atoms with Gasteiger partial charge < -0.3 is 14.8 Å². The first kappa shape index (κ1) is 19.7. The molecule has 4 aliphatic rings. The van der Waals surface area contributed by atoms with Crippen LogP contribution >= 0.6 is 0 Å². The van der Waals surface area contributed by atoms with Gasteiger partial charge in [-0.15, -0.1) is 0 Å². The number of alkyl halides is 2. The number of nitrogens with one attached hydrogen (secondary N) is 1. The van der Waals surface area contributed by atoms with E-state index < -0.39 is 16.6 Å². The fourth-order valence-corrected chi connectivity index (χ4v) is 7.15. The van der Waals surface area contributed by atoms with Crippen LogP contribution in [0.1, 0.15) is 25.7 Å². The van der Waals surface area contributed by atoms with Crippen molar-refractivity contribution in [3.05, 3.63) is 24.3 Å². The molecule has 2 aliphatic carbocycles. The van der Waals surface area contributed by atoms with E-state index in [4.69, 9.17) is 4.74 Å². The predicted octanol–water partition coefficient (Wildman–Crippen LogP) is 2.46. The minimum atomic E-state index is -3.62. The zero-order valence-corrected chi connectivity index (χ0v) is 16.9. The number of rotatable bonds is 6. The smallest absolute Gasteiger partial charge is 0.387 e. The maximum atomic E-state index is 12.9. The van der Waals surface area contributed by atoms with Gasteiger partial charge in [0.05, 0.1) is 18.1 Å². The van der Waals surface area contributed by atoms with Gasteiger partial charge in [0.2, 0.25) is 10.0 Å². The molecule has 1 N–H and O–H groups in total. The summed E-state index contributed by atoms with van der Waals surface area (Å²) in [5.74, 6) is 0.715. The van der Waals surface area contributed by atoms with Gasteiger partial charge in [-0.2, -0.15) is 13.1 Å². The van der Waals surface area contributed by atoms with Crippen molar-refractivity contribution >= 4 is 10.0 Å². The molecule has 0 bridgehead atoms. The van der Waals surface area contributed by atoms with E-state index in [9.17, 15) is 17.2 Å². The molecule has 2 unspecified atom stereocenters. The van der Waals surface area contributed by atoms with Gasteiger partial charge in [0.1, 0.15) is 5.75 Å². The second-order valence-corrected chi connectivity index (χ2v) is 11.1. The number of sulfonamides is 1. The van der Waals surface area contributed by atoms with Crippen molar-refractivity contribution in [1.29, 1.82) is 0 Å². The molecule has 1 spiro atoms. The molecule has 0 amide bonds. The first-order valence-electron chi connectivity index (χ1n) is 10.2. The molecule has 4 fully saturated rings. The summed E-state index contributed by atoms with van der Waals surface area (Å²) in [6.45, 7) is -0.0532. The van der Waals surface area contributed by atoms with Crippen LogP contribution in [0, 0.1) is 17.3 Å². The lowest BCUT2D eigenvalue weighted by atomic mass is 9.64. The Morgan fingerprint density at radius 3 is 2.21 bits per heavy atom. The largest absolute Gasteiger partial charge is 0.435 e. The van der Waals surface area contributed by atoms with Crippen LogP contribution in [-0.2, 0) is 14.8 Å². The lowest BCUT2D eigenvalue weighted by Gasteiger charge is -2.54. The van der Waals surface area contributed by atoms with Crippen molar-refractivity contribution in [2.45, 2.75) is 49.3 Å². The summed E-state index contributed by atoms with van der Waals surface area (Å²) < 4.78 is 61.6. The number of halogens is 2. The van der Waals surface area contributed by atoms with E-state index in [1.807, 2.05) is 0 Å². The molecular formula is C20H26F2N2O4S. The second kappa shape index (κ2) is 7.14. The summed E-state index contributed by atoms with van der Waals surface area (Å²) in [5.41, 5.74) is 0.451. The average molecular weight is 429 g/mol. The lowest BCUT2D eigenvalue weighted by molar-refractivity contribution is -0.168. The fraction of sp³-hybridized carbons (Fsp3) is 0.700. The molecule has 2 atom stereocenters. The Balaban J connectivity index is 1.15. The molecule has 160 valence electrons. The van der Waals surface area contributed by atoms with E-state index >= 15 is 0 Å². The van der Waals surface area contributed by atoms with Gasteiger partial charge in [0.25, 0.3) is 0 Å². The highest BCUT2D eigenvalue weighted by Gasteiger charge is 2.51. The fourth-order valence-electron chi connectivity index (χ4n) is 5.59. The van der Waals surface area contributed by atoms with E-state index in [0.717, 1.165) is 26.1 Å². The molecule has 5 rings (SSSR count). The minimum Gasteiger partial charge on any atom is -0.435 e. The van der Waals surface area contributed by atoms with E-state index in [1.54, 1.807) is 4.31 Å². The van der Waals surface area contributed by atoms with Crippen molar-refractivity contribution < 1.29 is 26.7 Å². The summed E-state index contributed by atoms with van der Waals surface area (Å²) >= 11 is 0. The summed E-state index contributed by atoms with van der Waals surface area (Å²) in [5, 5.41) is 3.78. The highest BCUT2D eigenvalue weighted by atomic mass is 32.2. The highest BCUT2D eigenvalue weighted by Crippen LogP contribution is 2.48. The van der Waals surface area contributed by atoms with Gasteiger partial charge in [-0.05, 0) is 61.8 Å². The zero-order chi connectivity index (χ0) is 20.2. The van der Waals surface area contributed by atoms with E-state index in [1.165, 1.54) is 37.1 Å². The molecule has 1 aromatic rings. The Kier molecular flexibility index (Phi) is 4.84. The Labute approximate surface area is 169 Å². The molecule has 2 saturated carbocycles. The Morgan fingerprint density at radius 1 is 1.07 bits per heavy atom. The molecular weight excluding hydrogens is 402 g/mol. The van der Waals surface area contributed by atoms with Crippen LogP contribution in [0.4, 0.5) is 8.78 Å². The number of hydrogen-bond donors (Lipinski definition) is 1. The van der Waals surface area contributed by atoms with Crippen LogP contribution in [0.5, 0.6) is 5.75 Å². The third kappa shape index (κ3) is 3.66. The van der Waals surface area contributed by atoms with Crippen LogP contribution in [0.25, 0.3) is 0 Å². The molecule has 9 heteroatoms. The van der Waals surface area contributed by atoms with Crippen LogP contribution in [-0.4, -0.2) is 57.7 Å². The second-order valence-electron chi connectivity index (χ2n) is 9.13. The molecule has 1 aromatic carbocycles. The maximum Gasteiger partial charge on any atom is 0.387 e. The first-order valence-corrected chi connectivity index (χ1v) is 11.7. The van der Waals surface area contributed by atoms with Crippen molar-refractivity contribution in [2.75, 3.05) is 26.3 Å². The Bertz CT molecular complexity index is 838. The van der Waals surface area contributed by atoms with E-state index in [-0.39, 0.29) is 10.6 Å². The van der Waals surface area contributed by atoms with Gasteiger partial charge in [-0.3, -0.25) is 0 Å². The quantitative estimate of drug-likeness (QED) is 0.754. The third-order valence-electron chi connectivity index (χ3n) is 7.05. The number of ether oxygens (including phenoxy) is 2.